The highest BCUT2D eigenvalue weighted by Crippen LogP contribution is 2.56. The number of fused-ring (bicyclic) bond motifs is 1. The normalized spacial score (nSPS) is 27.6. The van der Waals surface area contributed by atoms with Gasteiger partial charge in [-0.25, -0.2) is 0 Å². The first kappa shape index (κ1) is 11.4. The van der Waals surface area contributed by atoms with Crippen LogP contribution in [0.5, 0.6) is 0 Å². The third-order valence-corrected chi connectivity index (χ3v) is 4.50. The lowest BCUT2D eigenvalue weighted by atomic mass is 9.96. The minimum atomic E-state index is -0.627. The highest BCUT2D eigenvalue weighted by molar-refractivity contribution is 9.10. The third-order valence-electron chi connectivity index (χ3n) is 3.97. The average molecular weight is 315 g/mol. The first-order chi connectivity index (χ1) is 9.21. The summed E-state index contributed by atoms with van der Waals surface area (Å²) in [5.41, 5.74) is 2.37. The van der Waals surface area contributed by atoms with Gasteiger partial charge in [0.25, 0.3) is 0 Å². The number of carbonyl (C=O) groups excluding carboxylic acids is 1. The van der Waals surface area contributed by atoms with E-state index in [9.17, 15) is 4.79 Å². The second-order valence-corrected chi connectivity index (χ2v) is 6.02. The third kappa shape index (κ3) is 1.55. The SMILES string of the molecule is O=C1c2ccccc2C[C@]12O[C@H]2c1ccc(Br)cc1. The molecule has 0 N–H and O–H groups in total. The lowest BCUT2D eigenvalue weighted by molar-refractivity contribution is 0.0894. The maximum atomic E-state index is 12.5. The molecule has 0 aromatic heterocycles. The summed E-state index contributed by atoms with van der Waals surface area (Å²) in [6.45, 7) is 0. The number of epoxide rings is 1. The summed E-state index contributed by atoms with van der Waals surface area (Å²) in [7, 11) is 0. The van der Waals surface area contributed by atoms with E-state index >= 15 is 0 Å². The predicted molar refractivity (Wildman–Crippen MR) is 75.2 cm³/mol. The maximum Gasteiger partial charge on any atom is 0.198 e. The molecule has 94 valence electrons. The first-order valence-electron chi connectivity index (χ1n) is 6.27. The van der Waals surface area contributed by atoms with Gasteiger partial charge < -0.3 is 4.74 Å². The number of hydrogen-bond donors (Lipinski definition) is 0. The minimum absolute atomic E-state index is 0.0968. The molecule has 1 spiro atoms. The van der Waals surface area contributed by atoms with Crippen molar-refractivity contribution in [3.63, 3.8) is 0 Å². The van der Waals surface area contributed by atoms with E-state index in [1.165, 1.54) is 0 Å². The summed E-state index contributed by atoms with van der Waals surface area (Å²) in [6.07, 6.45) is 0.600. The van der Waals surface area contributed by atoms with Gasteiger partial charge in [0.05, 0.1) is 0 Å². The number of halogens is 1. The smallest absolute Gasteiger partial charge is 0.198 e. The molecule has 0 radical (unpaired) electrons. The zero-order valence-electron chi connectivity index (χ0n) is 10.1. The molecule has 2 nitrogen and oxygen atoms in total. The van der Waals surface area contributed by atoms with Crippen LogP contribution in [0, 0.1) is 0 Å². The molecule has 0 unspecified atom stereocenters. The number of benzene rings is 2. The fourth-order valence-corrected chi connectivity index (χ4v) is 3.21. The fourth-order valence-electron chi connectivity index (χ4n) is 2.95. The van der Waals surface area contributed by atoms with Crippen molar-refractivity contribution in [2.45, 2.75) is 18.1 Å². The quantitative estimate of drug-likeness (QED) is 0.751. The van der Waals surface area contributed by atoms with Crippen molar-refractivity contribution < 1.29 is 9.53 Å². The van der Waals surface area contributed by atoms with Gasteiger partial charge in [0.15, 0.2) is 11.4 Å². The summed E-state index contributed by atoms with van der Waals surface area (Å²) < 4.78 is 6.86. The molecule has 2 aliphatic rings. The summed E-state index contributed by atoms with van der Waals surface area (Å²) in [5.74, 6) is 0.135. The molecule has 1 aliphatic heterocycles. The van der Waals surface area contributed by atoms with Gasteiger partial charge in [-0.2, -0.15) is 0 Å². The van der Waals surface area contributed by atoms with Crippen molar-refractivity contribution in [1.29, 1.82) is 0 Å². The van der Waals surface area contributed by atoms with Gasteiger partial charge in [0.1, 0.15) is 6.10 Å². The molecule has 0 amide bonds. The van der Waals surface area contributed by atoms with Crippen molar-refractivity contribution in [2.24, 2.45) is 0 Å². The number of rotatable bonds is 1. The molecule has 4 rings (SSSR count). The zero-order valence-corrected chi connectivity index (χ0v) is 11.7. The molecule has 1 fully saturated rings. The molecular weight excluding hydrogens is 304 g/mol. The Balaban J connectivity index is 1.70. The van der Waals surface area contributed by atoms with Crippen LogP contribution in [0.4, 0.5) is 0 Å². The topological polar surface area (TPSA) is 29.6 Å². The molecule has 0 saturated carbocycles. The van der Waals surface area contributed by atoms with E-state index in [2.05, 4.69) is 15.9 Å². The van der Waals surface area contributed by atoms with Crippen LogP contribution in [0.15, 0.2) is 53.0 Å². The Morgan fingerprint density at radius 1 is 1.11 bits per heavy atom. The molecule has 2 aromatic rings. The van der Waals surface area contributed by atoms with Gasteiger partial charge in [0.2, 0.25) is 0 Å². The minimum Gasteiger partial charge on any atom is -0.352 e. The highest BCUT2D eigenvalue weighted by atomic mass is 79.9. The number of carbonyl (C=O) groups is 1. The van der Waals surface area contributed by atoms with Crippen molar-refractivity contribution in [3.8, 4) is 0 Å². The van der Waals surface area contributed by atoms with Crippen molar-refractivity contribution in [1.82, 2.24) is 0 Å². The molecule has 1 heterocycles. The second-order valence-electron chi connectivity index (χ2n) is 5.10. The van der Waals surface area contributed by atoms with Crippen LogP contribution < -0.4 is 0 Å². The Labute approximate surface area is 119 Å². The van der Waals surface area contributed by atoms with E-state index in [0.717, 1.165) is 21.2 Å². The van der Waals surface area contributed by atoms with Crippen molar-refractivity contribution in [2.75, 3.05) is 0 Å². The largest absolute Gasteiger partial charge is 0.352 e. The van der Waals surface area contributed by atoms with Crippen LogP contribution in [0.3, 0.4) is 0 Å². The van der Waals surface area contributed by atoms with Gasteiger partial charge in [0, 0.05) is 16.5 Å². The zero-order chi connectivity index (χ0) is 13.0. The van der Waals surface area contributed by atoms with Gasteiger partial charge >= 0.3 is 0 Å². The Morgan fingerprint density at radius 2 is 1.84 bits per heavy atom. The van der Waals surface area contributed by atoms with Gasteiger partial charge in [-0.1, -0.05) is 52.3 Å². The number of ketones is 1. The summed E-state index contributed by atoms with van der Waals surface area (Å²) in [5, 5.41) is 0. The van der Waals surface area contributed by atoms with E-state index in [-0.39, 0.29) is 11.9 Å². The summed E-state index contributed by atoms with van der Waals surface area (Å²) >= 11 is 3.42. The molecule has 19 heavy (non-hydrogen) atoms. The Bertz CT molecular complexity index is 677. The second kappa shape index (κ2) is 3.78. The monoisotopic (exact) mass is 314 g/mol. The Morgan fingerprint density at radius 3 is 2.58 bits per heavy atom. The van der Waals surface area contributed by atoms with E-state index in [1.807, 2.05) is 48.5 Å². The molecular formula is C16H11BrO2. The molecule has 3 heteroatoms. The van der Waals surface area contributed by atoms with E-state index < -0.39 is 5.60 Å². The molecule has 0 bridgehead atoms. The molecule has 1 saturated heterocycles. The van der Waals surface area contributed by atoms with Crippen molar-refractivity contribution >= 4 is 21.7 Å². The van der Waals surface area contributed by atoms with Crippen molar-refractivity contribution in [3.05, 3.63) is 69.7 Å². The average Bonchev–Trinajstić information content (AvgIpc) is 3.07. The van der Waals surface area contributed by atoms with E-state index in [1.54, 1.807) is 0 Å². The van der Waals surface area contributed by atoms with E-state index in [4.69, 9.17) is 4.74 Å². The number of hydrogen-bond acceptors (Lipinski definition) is 2. The predicted octanol–water partition coefficient (Wildman–Crippen LogP) is 3.70. The highest BCUT2D eigenvalue weighted by Gasteiger charge is 2.65. The summed E-state index contributed by atoms with van der Waals surface area (Å²) in [6, 6.07) is 15.8. The maximum absolute atomic E-state index is 12.5. The molecule has 2 atom stereocenters. The standard InChI is InChI=1S/C16H11BrO2/c17-12-7-5-10(6-8-12)15-16(19-15)9-11-3-1-2-4-13(11)14(16)18/h1-8,15H,9H2/t15-,16-/m0/s1. The van der Waals surface area contributed by atoms with Gasteiger partial charge in [-0.3, -0.25) is 4.79 Å². The lowest BCUT2D eigenvalue weighted by Gasteiger charge is -2.01. The van der Waals surface area contributed by atoms with Crippen LogP contribution in [-0.4, -0.2) is 11.4 Å². The van der Waals surface area contributed by atoms with Crippen LogP contribution >= 0.6 is 15.9 Å². The Hall–Kier alpha value is -1.45. The van der Waals surface area contributed by atoms with E-state index in [0.29, 0.717) is 6.42 Å². The number of ether oxygens (including phenoxy) is 1. The van der Waals surface area contributed by atoms with Gasteiger partial charge in [-0.15, -0.1) is 0 Å². The van der Waals surface area contributed by atoms with Crippen LogP contribution in [0.2, 0.25) is 0 Å². The lowest BCUT2D eigenvalue weighted by Crippen LogP contribution is -2.20. The number of Topliss-reactive ketones (excluding diaryl/α,β-unsaturated/α-hetero) is 1. The first-order valence-corrected chi connectivity index (χ1v) is 7.06. The molecule has 2 aromatic carbocycles. The molecule has 1 aliphatic carbocycles. The van der Waals surface area contributed by atoms with Crippen LogP contribution in [0.1, 0.15) is 27.6 Å². The Kier molecular flexibility index (Phi) is 2.26. The van der Waals surface area contributed by atoms with Gasteiger partial charge in [-0.05, 0) is 23.3 Å². The summed E-state index contributed by atoms with van der Waals surface area (Å²) in [4.78, 5) is 12.5. The van der Waals surface area contributed by atoms with Crippen LogP contribution in [-0.2, 0) is 11.2 Å². The van der Waals surface area contributed by atoms with Crippen LogP contribution in [0.25, 0.3) is 0 Å². The fraction of sp³-hybridized carbons (Fsp3) is 0.188.